The van der Waals surface area contributed by atoms with Crippen molar-refractivity contribution in [2.75, 3.05) is 13.2 Å². The molecule has 5 nitrogen and oxygen atoms in total. The molecule has 0 aromatic heterocycles. The zero-order chi connectivity index (χ0) is 13.7. The molecule has 0 N–H and O–H groups in total. The topological polar surface area (TPSA) is 63.7 Å². The van der Waals surface area contributed by atoms with E-state index in [0.717, 1.165) is 10.5 Å². The van der Waals surface area contributed by atoms with Crippen molar-refractivity contribution in [3.63, 3.8) is 0 Å². The summed E-state index contributed by atoms with van der Waals surface area (Å²) in [5, 5.41) is 0. The number of esters is 1. The van der Waals surface area contributed by atoms with Crippen LogP contribution < -0.4 is 0 Å². The van der Waals surface area contributed by atoms with E-state index in [1.165, 1.54) is 0 Å². The average molecular weight is 261 g/mol. The first kappa shape index (κ1) is 13.3. The van der Waals surface area contributed by atoms with Crippen LogP contribution in [0, 0.1) is 0 Å². The molecule has 1 heterocycles. The van der Waals surface area contributed by atoms with Crippen LogP contribution in [0.15, 0.2) is 30.3 Å². The van der Waals surface area contributed by atoms with Gasteiger partial charge in [-0.1, -0.05) is 30.3 Å². The van der Waals surface area contributed by atoms with Gasteiger partial charge in [-0.15, -0.1) is 0 Å². The number of ether oxygens (including phenoxy) is 1. The van der Waals surface area contributed by atoms with E-state index in [4.69, 9.17) is 4.74 Å². The van der Waals surface area contributed by atoms with Crippen LogP contribution in [0.5, 0.6) is 0 Å². The number of rotatable bonds is 4. The number of hydrogen-bond donors (Lipinski definition) is 0. The molecule has 0 unspecified atom stereocenters. The molecule has 2 rings (SSSR count). The van der Waals surface area contributed by atoms with E-state index in [0.29, 0.717) is 19.4 Å². The number of carbonyl (C=O) groups is 3. The fourth-order valence-corrected chi connectivity index (χ4v) is 1.95. The van der Waals surface area contributed by atoms with Crippen molar-refractivity contribution in [3.05, 3.63) is 35.9 Å². The number of likely N-dealkylation sites (tertiary alicyclic amines) is 1. The predicted molar refractivity (Wildman–Crippen MR) is 67.1 cm³/mol. The van der Waals surface area contributed by atoms with Crippen molar-refractivity contribution in [1.29, 1.82) is 0 Å². The molecule has 0 saturated carbocycles. The third kappa shape index (κ3) is 3.64. The van der Waals surface area contributed by atoms with Crippen LogP contribution in [-0.2, 0) is 25.5 Å². The number of hydrogen-bond acceptors (Lipinski definition) is 4. The van der Waals surface area contributed by atoms with Crippen LogP contribution in [0.4, 0.5) is 0 Å². The Kier molecular flexibility index (Phi) is 4.28. The van der Waals surface area contributed by atoms with E-state index < -0.39 is 11.9 Å². The monoisotopic (exact) mass is 261 g/mol. The zero-order valence-electron chi connectivity index (χ0n) is 10.5. The molecule has 1 aliphatic heterocycles. The maximum atomic E-state index is 11.6. The summed E-state index contributed by atoms with van der Waals surface area (Å²) in [7, 11) is 0. The first-order chi connectivity index (χ1) is 9.16. The number of benzene rings is 1. The largest absolute Gasteiger partial charge is 0.455 e. The van der Waals surface area contributed by atoms with Crippen LogP contribution in [0.2, 0.25) is 0 Å². The average Bonchev–Trinajstić information content (AvgIpc) is 2.83. The van der Waals surface area contributed by atoms with Crippen LogP contribution in [0.25, 0.3) is 0 Å². The van der Waals surface area contributed by atoms with Crippen LogP contribution in [0.1, 0.15) is 18.4 Å². The van der Waals surface area contributed by atoms with Crippen molar-refractivity contribution in [3.8, 4) is 0 Å². The predicted octanol–water partition coefficient (Wildman–Crippen LogP) is 0.921. The standard InChI is InChI=1S/C14H15NO4/c16-12-7-4-8-15(12)13(17)10-19-14(18)9-11-5-2-1-3-6-11/h1-3,5-6H,4,7-10H2. The minimum Gasteiger partial charge on any atom is -0.455 e. The highest BCUT2D eigenvalue weighted by atomic mass is 16.5. The van der Waals surface area contributed by atoms with Gasteiger partial charge < -0.3 is 4.74 Å². The molecule has 0 spiro atoms. The second-order valence-corrected chi connectivity index (χ2v) is 4.37. The normalized spacial score (nSPS) is 14.5. The molecule has 1 aromatic rings. The molecular weight excluding hydrogens is 246 g/mol. The second-order valence-electron chi connectivity index (χ2n) is 4.37. The Morgan fingerprint density at radius 3 is 2.58 bits per heavy atom. The van der Waals surface area contributed by atoms with Crippen LogP contribution in [0.3, 0.4) is 0 Å². The highest BCUT2D eigenvalue weighted by Crippen LogP contribution is 2.10. The Bertz CT molecular complexity index is 483. The van der Waals surface area contributed by atoms with Gasteiger partial charge in [0.25, 0.3) is 5.91 Å². The molecule has 2 amide bonds. The Labute approximate surface area is 111 Å². The van der Waals surface area contributed by atoms with Crippen LogP contribution in [-0.4, -0.2) is 35.8 Å². The number of carbonyl (C=O) groups excluding carboxylic acids is 3. The molecule has 5 heteroatoms. The summed E-state index contributed by atoms with van der Waals surface area (Å²) in [4.78, 5) is 35.6. The fourth-order valence-electron chi connectivity index (χ4n) is 1.95. The smallest absolute Gasteiger partial charge is 0.310 e. The van der Waals surface area contributed by atoms with Crippen molar-refractivity contribution in [1.82, 2.24) is 4.90 Å². The zero-order valence-corrected chi connectivity index (χ0v) is 10.5. The Hall–Kier alpha value is -2.17. The lowest BCUT2D eigenvalue weighted by atomic mass is 10.2. The van der Waals surface area contributed by atoms with Gasteiger partial charge in [0.15, 0.2) is 6.61 Å². The molecule has 19 heavy (non-hydrogen) atoms. The van der Waals surface area contributed by atoms with E-state index >= 15 is 0 Å². The third-order valence-corrected chi connectivity index (χ3v) is 2.92. The first-order valence-corrected chi connectivity index (χ1v) is 6.19. The third-order valence-electron chi connectivity index (χ3n) is 2.92. The van der Waals surface area contributed by atoms with Gasteiger partial charge in [0.05, 0.1) is 6.42 Å². The molecule has 1 aromatic carbocycles. The maximum absolute atomic E-state index is 11.6. The van der Waals surface area contributed by atoms with Gasteiger partial charge in [-0.05, 0) is 12.0 Å². The lowest BCUT2D eigenvalue weighted by molar-refractivity contribution is -0.154. The van der Waals surface area contributed by atoms with Gasteiger partial charge in [0.1, 0.15) is 0 Å². The highest BCUT2D eigenvalue weighted by molar-refractivity contribution is 5.97. The van der Waals surface area contributed by atoms with Gasteiger partial charge in [-0.3, -0.25) is 19.3 Å². The molecular formula is C14H15NO4. The number of amides is 2. The number of imide groups is 1. The van der Waals surface area contributed by atoms with Crippen LogP contribution >= 0.6 is 0 Å². The molecule has 0 atom stereocenters. The Morgan fingerprint density at radius 2 is 1.95 bits per heavy atom. The summed E-state index contributed by atoms with van der Waals surface area (Å²) >= 11 is 0. The lowest BCUT2D eigenvalue weighted by Gasteiger charge is -2.13. The van der Waals surface area contributed by atoms with E-state index in [1.807, 2.05) is 30.3 Å². The van der Waals surface area contributed by atoms with Crippen molar-refractivity contribution < 1.29 is 19.1 Å². The summed E-state index contributed by atoms with van der Waals surface area (Å²) in [6.45, 7) is 0.0608. The van der Waals surface area contributed by atoms with Gasteiger partial charge in [-0.2, -0.15) is 0 Å². The van der Waals surface area contributed by atoms with Crippen molar-refractivity contribution >= 4 is 17.8 Å². The first-order valence-electron chi connectivity index (χ1n) is 6.19. The maximum Gasteiger partial charge on any atom is 0.310 e. The number of nitrogens with zero attached hydrogens (tertiary/aromatic N) is 1. The van der Waals surface area contributed by atoms with Gasteiger partial charge in [0, 0.05) is 13.0 Å². The van der Waals surface area contributed by atoms with Gasteiger partial charge >= 0.3 is 5.97 Å². The molecule has 1 saturated heterocycles. The quantitative estimate of drug-likeness (QED) is 0.756. The van der Waals surface area contributed by atoms with E-state index in [9.17, 15) is 14.4 Å². The summed E-state index contributed by atoms with van der Waals surface area (Å²) < 4.78 is 4.89. The SMILES string of the molecule is O=C(Cc1ccccc1)OCC(=O)N1CCCC1=O. The molecule has 1 fully saturated rings. The van der Waals surface area contributed by atoms with E-state index in [-0.39, 0.29) is 18.9 Å². The summed E-state index contributed by atoms with van der Waals surface area (Å²) in [6, 6.07) is 9.14. The summed E-state index contributed by atoms with van der Waals surface area (Å²) in [6.07, 6.45) is 1.20. The van der Waals surface area contributed by atoms with Crippen molar-refractivity contribution in [2.45, 2.75) is 19.3 Å². The fraction of sp³-hybridized carbons (Fsp3) is 0.357. The highest BCUT2D eigenvalue weighted by Gasteiger charge is 2.26. The molecule has 0 bridgehead atoms. The Balaban J connectivity index is 1.77. The van der Waals surface area contributed by atoms with Gasteiger partial charge in [-0.25, -0.2) is 0 Å². The molecule has 0 aliphatic carbocycles. The van der Waals surface area contributed by atoms with Gasteiger partial charge in [0.2, 0.25) is 5.91 Å². The minimum atomic E-state index is -0.466. The second kappa shape index (κ2) is 6.13. The van der Waals surface area contributed by atoms with E-state index in [1.54, 1.807) is 0 Å². The lowest BCUT2D eigenvalue weighted by Crippen LogP contribution is -2.35. The molecule has 0 radical (unpaired) electrons. The summed E-state index contributed by atoms with van der Waals surface area (Å²) in [5.74, 6) is -1.10. The van der Waals surface area contributed by atoms with Crippen molar-refractivity contribution in [2.24, 2.45) is 0 Å². The Morgan fingerprint density at radius 1 is 1.21 bits per heavy atom. The summed E-state index contributed by atoms with van der Waals surface area (Å²) in [5.41, 5.74) is 0.831. The molecule has 1 aliphatic rings. The minimum absolute atomic E-state index is 0.127. The van der Waals surface area contributed by atoms with E-state index in [2.05, 4.69) is 0 Å². The molecule has 100 valence electrons.